The molecule has 0 saturated carbocycles. The maximum Gasteiger partial charge on any atom is 0.304 e. The number of carbonyl (C=O) groups is 1. The Balaban J connectivity index is 2.11. The van der Waals surface area contributed by atoms with Crippen LogP contribution in [0, 0.1) is 11.6 Å². The zero-order valence-corrected chi connectivity index (χ0v) is 13.1. The Labute approximate surface area is 137 Å². The SMILES string of the molecule is O=C(O)CC1CN(S(=O)(=O)c2c(F)cccc2F)c2ccccc21. The molecule has 0 saturated heterocycles. The van der Waals surface area contributed by atoms with Crippen LogP contribution in [0.1, 0.15) is 17.9 Å². The fourth-order valence-corrected chi connectivity index (χ4v) is 4.56. The van der Waals surface area contributed by atoms with E-state index in [9.17, 15) is 22.0 Å². The molecule has 0 aromatic heterocycles. The van der Waals surface area contributed by atoms with Crippen molar-refractivity contribution in [2.45, 2.75) is 17.2 Å². The number of aliphatic carboxylic acids is 1. The number of benzene rings is 2. The maximum absolute atomic E-state index is 13.9. The molecular formula is C16H13F2NO4S. The van der Waals surface area contributed by atoms with Crippen molar-refractivity contribution in [2.24, 2.45) is 0 Å². The number of fused-ring (bicyclic) bond motifs is 1. The van der Waals surface area contributed by atoms with Crippen LogP contribution in [0.5, 0.6) is 0 Å². The summed E-state index contributed by atoms with van der Waals surface area (Å²) < 4.78 is 54.3. The van der Waals surface area contributed by atoms with Gasteiger partial charge in [0.25, 0.3) is 10.0 Å². The molecule has 1 heterocycles. The zero-order chi connectivity index (χ0) is 17.5. The van der Waals surface area contributed by atoms with E-state index in [0.717, 1.165) is 22.5 Å². The maximum atomic E-state index is 13.9. The number of carboxylic acid groups (broad SMARTS) is 1. The lowest BCUT2D eigenvalue weighted by Gasteiger charge is -2.20. The van der Waals surface area contributed by atoms with Crippen LogP contribution in [0.15, 0.2) is 47.4 Å². The van der Waals surface area contributed by atoms with E-state index in [2.05, 4.69) is 0 Å². The van der Waals surface area contributed by atoms with E-state index in [1.54, 1.807) is 18.2 Å². The molecule has 5 nitrogen and oxygen atoms in total. The second-order valence-corrected chi connectivity index (χ2v) is 7.24. The molecule has 24 heavy (non-hydrogen) atoms. The lowest BCUT2D eigenvalue weighted by molar-refractivity contribution is -0.137. The lowest BCUT2D eigenvalue weighted by Crippen LogP contribution is -2.31. The van der Waals surface area contributed by atoms with Gasteiger partial charge >= 0.3 is 5.97 Å². The first-order chi connectivity index (χ1) is 11.3. The summed E-state index contributed by atoms with van der Waals surface area (Å²) in [7, 11) is -4.49. The normalized spacial score (nSPS) is 16.9. The summed E-state index contributed by atoms with van der Waals surface area (Å²) in [6, 6.07) is 9.17. The molecule has 1 atom stereocenters. The first-order valence-corrected chi connectivity index (χ1v) is 8.54. The molecule has 0 bridgehead atoms. The highest BCUT2D eigenvalue weighted by Crippen LogP contribution is 2.41. The van der Waals surface area contributed by atoms with Crippen LogP contribution in [-0.2, 0) is 14.8 Å². The van der Waals surface area contributed by atoms with Crippen molar-refractivity contribution >= 4 is 21.7 Å². The summed E-state index contributed by atoms with van der Waals surface area (Å²) >= 11 is 0. The van der Waals surface area contributed by atoms with Crippen molar-refractivity contribution in [1.29, 1.82) is 0 Å². The van der Waals surface area contributed by atoms with Crippen molar-refractivity contribution in [3.05, 3.63) is 59.7 Å². The van der Waals surface area contributed by atoms with Gasteiger partial charge in [0.15, 0.2) is 4.90 Å². The van der Waals surface area contributed by atoms with Crippen LogP contribution in [0.3, 0.4) is 0 Å². The van der Waals surface area contributed by atoms with E-state index in [0.29, 0.717) is 5.56 Å². The second-order valence-electron chi connectivity index (χ2n) is 5.44. The average molecular weight is 353 g/mol. The van der Waals surface area contributed by atoms with Gasteiger partial charge in [-0.1, -0.05) is 24.3 Å². The lowest BCUT2D eigenvalue weighted by atomic mass is 9.98. The molecule has 0 fully saturated rings. The van der Waals surface area contributed by atoms with Crippen molar-refractivity contribution < 1.29 is 27.1 Å². The Kier molecular flexibility index (Phi) is 4.00. The van der Waals surface area contributed by atoms with E-state index < -0.39 is 38.4 Å². The van der Waals surface area contributed by atoms with Gasteiger partial charge in [-0.15, -0.1) is 0 Å². The molecule has 1 aliphatic heterocycles. The Bertz CT molecular complexity index is 894. The topological polar surface area (TPSA) is 74.7 Å². The Hall–Kier alpha value is -2.48. The van der Waals surface area contributed by atoms with E-state index in [1.165, 1.54) is 6.07 Å². The summed E-state index contributed by atoms with van der Waals surface area (Å²) in [5.41, 5.74) is 0.770. The first kappa shape index (κ1) is 16.4. The predicted octanol–water partition coefficient (Wildman–Crippen LogP) is 2.73. The van der Waals surface area contributed by atoms with E-state index in [4.69, 9.17) is 5.11 Å². The fraction of sp³-hybridized carbons (Fsp3) is 0.188. The number of para-hydroxylation sites is 1. The third-order valence-electron chi connectivity index (χ3n) is 3.92. The highest BCUT2D eigenvalue weighted by Gasteiger charge is 2.39. The van der Waals surface area contributed by atoms with Crippen LogP contribution in [-0.4, -0.2) is 26.0 Å². The molecule has 8 heteroatoms. The first-order valence-electron chi connectivity index (χ1n) is 7.10. The highest BCUT2D eigenvalue weighted by atomic mass is 32.2. The van der Waals surface area contributed by atoms with Gasteiger partial charge in [-0.3, -0.25) is 9.10 Å². The van der Waals surface area contributed by atoms with Crippen LogP contribution < -0.4 is 4.31 Å². The molecular weight excluding hydrogens is 340 g/mol. The zero-order valence-electron chi connectivity index (χ0n) is 12.3. The summed E-state index contributed by atoms with van der Waals surface area (Å²) in [5, 5.41) is 9.01. The third-order valence-corrected chi connectivity index (χ3v) is 5.75. The monoisotopic (exact) mass is 353 g/mol. The minimum atomic E-state index is -4.49. The number of anilines is 1. The van der Waals surface area contributed by atoms with E-state index >= 15 is 0 Å². The Morgan fingerprint density at radius 1 is 1.12 bits per heavy atom. The summed E-state index contributed by atoms with van der Waals surface area (Å²) in [6.07, 6.45) is -0.275. The summed E-state index contributed by atoms with van der Waals surface area (Å²) in [4.78, 5) is 9.98. The summed E-state index contributed by atoms with van der Waals surface area (Å²) in [5.74, 6) is -4.03. The number of sulfonamides is 1. The third kappa shape index (κ3) is 2.62. The predicted molar refractivity (Wildman–Crippen MR) is 82.3 cm³/mol. The quantitative estimate of drug-likeness (QED) is 0.917. The number of nitrogens with zero attached hydrogens (tertiary/aromatic N) is 1. The molecule has 0 amide bonds. The number of carboxylic acids is 1. The standard InChI is InChI=1S/C16H13F2NO4S/c17-12-5-3-6-13(18)16(12)24(22,23)19-9-10(8-15(20)21)11-4-1-2-7-14(11)19/h1-7,10H,8-9H2,(H,20,21). The number of hydrogen-bond acceptors (Lipinski definition) is 3. The van der Waals surface area contributed by atoms with E-state index in [-0.39, 0.29) is 18.7 Å². The summed E-state index contributed by atoms with van der Waals surface area (Å²) in [6.45, 7) is -0.179. The Morgan fingerprint density at radius 2 is 1.75 bits per heavy atom. The van der Waals surface area contributed by atoms with Crippen molar-refractivity contribution in [3.63, 3.8) is 0 Å². The fourth-order valence-electron chi connectivity index (χ4n) is 2.91. The minimum Gasteiger partial charge on any atom is -0.481 e. The number of rotatable bonds is 4. The molecule has 2 aromatic carbocycles. The molecule has 3 rings (SSSR count). The van der Waals surface area contributed by atoms with E-state index in [1.807, 2.05) is 0 Å². The smallest absolute Gasteiger partial charge is 0.304 e. The van der Waals surface area contributed by atoms with Gasteiger partial charge in [0.05, 0.1) is 12.1 Å². The van der Waals surface area contributed by atoms with Crippen molar-refractivity contribution in [2.75, 3.05) is 10.8 Å². The van der Waals surface area contributed by atoms with Crippen LogP contribution in [0.2, 0.25) is 0 Å². The molecule has 2 aromatic rings. The highest BCUT2D eigenvalue weighted by molar-refractivity contribution is 7.92. The average Bonchev–Trinajstić information content (AvgIpc) is 2.86. The second kappa shape index (κ2) is 5.86. The number of hydrogen-bond donors (Lipinski definition) is 1. The van der Waals surface area contributed by atoms with Crippen LogP contribution >= 0.6 is 0 Å². The molecule has 1 N–H and O–H groups in total. The van der Waals surface area contributed by atoms with Gasteiger partial charge in [-0.2, -0.15) is 0 Å². The van der Waals surface area contributed by atoms with Gasteiger partial charge in [0, 0.05) is 12.5 Å². The van der Waals surface area contributed by atoms with Crippen LogP contribution in [0.25, 0.3) is 0 Å². The van der Waals surface area contributed by atoms with Crippen molar-refractivity contribution in [3.8, 4) is 0 Å². The minimum absolute atomic E-state index is 0.179. The molecule has 1 unspecified atom stereocenters. The molecule has 0 aliphatic carbocycles. The van der Waals surface area contributed by atoms with Crippen molar-refractivity contribution in [1.82, 2.24) is 0 Å². The molecule has 1 aliphatic rings. The largest absolute Gasteiger partial charge is 0.481 e. The number of halogens is 2. The van der Waals surface area contributed by atoms with Gasteiger partial charge in [-0.25, -0.2) is 17.2 Å². The Morgan fingerprint density at radius 3 is 2.38 bits per heavy atom. The van der Waals surface area contributed by atoms with Gasteiger partial charge in [0.1, 0.15) is 11.6 Å². The molecule has 126 valence electrons. The van der Waals surface area contributed by atoms with Crippen LogP contribution in [0.4, 0.5) is 14.5 Å². The molecule has 0 spiro atoms. The van der Waals surface area contributed by atoms with Gasteiger partial charge in [-0.05, 0) is 23.8 Å². The molecule has 0 radical (unpaired) electrons. The van der Waals surface area contributed by atoms with Gasteiger partial charge < -0.3 is 5.11 Å². The van der Waals surface area contributed by atoms with Gasteiger partial charge in [0.2, 0.25) is 0 Å².